The number of benzene rings is 1. The molecule has 0 saturated heterocycles. The van der Waals surface area contributed by atoms with E-state index in [1.54, 1.807) is 12.1 Å². The maximum atomic E-state index is 11.3. The third-order valence-electron chi connectivity index (χ3n) is 3.41. The molecule has 1 unspecified atom stereocenters. The van der Waals surface area contributed by atoms with Crippen molar-refractivity contribution in [2.45, 2.75) is 25.2 Å². The summed E-state index contributed by atoms with van der Waals surface area (Å²) >= 11 is 13.6. The van der Waals surface area contributed by atoms with E-state index < -0.39 is 11.9 Å². The Hall–Kier alpha value is -1.10. The predicted molar refractivity (Wildman–Crippen MR) is 80.9 cm³/mol. The molecule has 0 aliphatic heterocycles. The van der Waals surface area contributed by atoms with Gasteiger partial charge in [-0.3, -0.25) is 4.79 Å². The number of carboxylic acids is 1. The topological polar surface area (TPSA) is 50.2 Å². The molecule has 1 aromatic heterocycles. The second-order valence-corrected chi connectivity index (χ2v) is 6.66. The van der Waals surface area contributed by atoms with Gasteiger partial charge in [0.05, 0.1) is 16.6 Å². The molecule has 20 heavy (non-hydrogen) atoms. The van der Waals surface area contributed by atoms with Crippen LogP contribution in [0.3, 0.4) is 0 Å². The van der Waals surface area contributed by atoms with Crippen molar-refractivity contribution in [1.29, 1.82) is 0 Å². The van der Waals surface area contributed by atoms with Gasteiger partial charge in [-0.15, -0.1) is 11.3 Å². The van der Waals surface area contributed by atoms with Crippen molar-refractivity contribution in [3.8, 4) is 10.6 Å². The minimum absolute atomic E-state index is 0.491. The largest absolute Gasteiger partial charge is 0.481 e. The summed E-state index contributed by atoms with van der Waals surface area (Å²) in [7, 11) is 0. The Morgan fingerprint density at radius 1 is 1.40 bits per heavy atom. The van der Waals surface area contributed by atoms with E-state index in [4.69, 9.17) is 23.2 Å². The van der Waals surface area contributed by atoms with Crippen LogP contribution in [-0.2, 0) is 11.2 Å². The molecule has 3 nitrogen and oxygen atoms in total. The van der Waals surface area contributed by atoms with E-state index in [0.717, 1.165) is 28.3 Å². The fourth-order valence-electron chi connectivity index (χ4n) is 2.44. The predicted octanol–water partition coefficient (Wildman–Crippen LogP) is 4.62. The van der Waals surface area contributed by atoms with Gasteiger partial charge in [-0.05, 0) is 37.5 Å². The van der Waals surface area contributed by atoms with Crippen LogP contribution >= 0.6 is 34.5 Å². The summed E-state index contributed by atoms with van der Waals surface area (Å²) in [5.41, 5.74) is 1.51. The van der Waals surface area contributed by atoms with Crippen LogP contribution in [0.25, 0.3) is 10.6 Å². The van der Waals surface area contributed by atoms with Gasteiger partial charge in [0, 0.05) is 15.5 Å². The second kappa shape index (κ2) is 5.35. The highest BCUT2D eigenvalue weighted by molar-refractivity contribution is 7.15. The van der Waals surface area contributed by atoms with E-state index in [1.165, 1.54) is 11.3 Å². The molecule has 0 fully saturated rings. The lowest BCUT2D eigenvalue weighted by atomic mass is 9.91. The first-order chi connectivity index (χ1) is 9.56. The minimum Gasteiger partial charge on any atom is -0.481 e. The number of carbonyl (C=O) groups is 1. The van der Waals surface area contributed by atoms with Crippen LogP contribution in [-0.4, -0.2) is 16.1 Å². The maximum absolute atomic E-state index is 11.3. The standard InChI is InChI=1S/C14H11Cl2NO2S/c15-7-4-5-8(10(16)6-7)13-17-12-9(14(18)19)2-1-3-11(12)20-13/h4-6,9H,1-3H2,(H,18,19). The van der Waals surface area contributed by atoms with Gasteiger partial charge >= 0.3 is 5.97 Å². The lowest BCUT2D eigenvalue weighted by Crippen LogP contribution is -2.17. The van der Waals surface area contributed by atoms with Crippen LogP contribution in [0, 0.1) is 0 Å². The van der Waals surface area contributed by atoms with Crippen molar-refractivity contribution in [2.24, 2.45) is 0 Å². The molecule has 1 aromatic carbocycles. The molecule has 0 spiro atoms. The molecule has 1 aliphatic rings. The number of aliphatic carboxylic acids is 1. The highest BCUT2D eigenvalue weighted by atomic mass is 35.5. The van der Waals surface area contributed by atoms with Crippen molar-refractivity contribution >= 4 is 40.5 Å². The minimum atomic E-state index is -0.801. The number of carboxylic acid groups (broad SMARTS) is 1. The molecule has 6 heteroatoms. The zero-order valence-corrected chi connectivity index (χ0v) is 12.7. The molecule has 0 saturated carbocycles. The lowest BCUT2D eigenvalue weighted by molar-refractivity contribution is -0.139. The van der Waals surface area contributed by atoms with Gasteiger partial charge in [0.15, 0.2) is 0 Å². The van der Waals surface area contributed by atoms with Gasteiger partial charge in [-0.1, -0.05) is 23.2 Å². The van der Waals surface area contributed by atoms with Gasteiger partial charge < -0.3 is 5.11 Å². The Morgan fingerprint density at radius 3 is 2.90 bits per heavy atom. The summed E-state index contributed by atoms with van der Waals surface area (Å²) in [6, 6.07) is 5.26. The third kappa shape index (κ3) is 2.43. The van der Waals surface area contributed by atoms with Crippen LogP contribution in [0.15, 0.2) is 18.2 Å². The fraction of sp³-hybridized carbons (Fsp3) is 0.286. The molecule has 0 amide bonds. The Morgan fingerprint density at radius 2 is 2.20 bits per heavy atom. The Labute approximate surface area is 130 Å². The zero-order valence-electron chi connectivity index (χ0n) is 10.4. The van der Waals surface area contributed by atoms with Gasteiger partial charge in [0.1, 0.15) is 5.01 Å². The Balaban J connectivity index is 2.07. The summed E-state index contributed by atoms with van der Waals surface area (Å²) in [4.78, 5) is 16.9. The quantitative estimate of drug-likeness (QED) is 0.875. The smallest absolute Gasteiger partial charge is 0.312 e. The first-order valence-corrected chi connectivity index (χ1v) is 7.81. The van der Waals surface area contributed by atoms with E-state index in [9.17, 15) is 9.90 Å². The van der Waals surface area contributed by atoms with Crippen LogP contribution in [0.5, 0.6) is 0 Å². The average molecular weight is 328 g/mol. The SMILES string of the molecule is O=C(O)C1CCCc2sc(-c3ccc(Cl)cc3Cl)nc21. The number of fused-ring (bicyclic) bond motifs is 1. The molecule has 0 bridgehead atoms. The molecule has 1 aliphatic carbocycles. The number of thiazole rings is 1. The van der Waals surface area contributed by atoms with Crippen molar-refractivity contribution < 1.29 is 9.90 Å². The normalized spacial score (nSPS) is 17.8. The summed E-state index contributed by atoms with van der Waals surface area (Å²) in [5, 5.41) is 11.2. The van der Waals surface area contributed by atoms with E-state index >= 15 is 0 Å². The Bertz CT molecular complexity index is 684. The summed E-state index contributed by atoms with van der Waals surface area (Å²) in [6.45, 7) is 0. The number of aryl methyl sites for hydroxylation is 1. The molecule has 1 N–H and O–H groups in total. The van der Waals surface area contributed by atoms with Crippen LogP contribution < -0.4 is 0 Å². The molecule has 2 aromatic rings. The first-order valence-electron chi connectivity index (χ1n) is 6.24. The van der Waals surface area contributed by atoms with Crippen LogP contribution in [0.4, 0.5) is 0 Å². The number of rotatable bonds is 2. The van der Waals surface area contributed by atoms with Gasteiger partial charge in [0.25, 0.3) is 0 Å². The maximum Gasteiger partial charge on any atom is 0.312 e. The molecule has 0 radical (unpaired) electrons. The second-order valence-electron chi connectivity index (χ2n) is 4.73. The number of halogens is 2. The third-order valence-corrected chi connectivity index (χ3v) is 5.13. The molecular weight excluding hydrogens is 317 g/mol. The lowest BCUT2D eigenvalue weighted by Gasteiger charge is -2.16. The monoisotopic (exact) mass is 327 g/mol. The molecule has 104 valence electrons. The van der Waals surface area contributed by atoms with E-state index in [1.807, 2.05) is 6.07 Å². The number of nitrogens with zero attached hydrogens (tertiary/aromatic N) is 1. The zero-order chi connectivity index (χ0) is 14.3. The van der Waals surface area contributed by atoms with Crippen molar-refractivity contribution in [2.75, 3.05) is 0 Å². The van der Waals surface area contributed by atoms with Gasteiger partial charge in [0.2, 0.25) is 0 Å². The number of aromatic nitrogens is 1. The number of hydrogen-bond donors (Lipinski definition) is 1. The summed E-state index contributed by atoms with van der Waals surface area (Å²) in [5.74, 6) is -1.29. The summed E-state index contributed by atoms with van der Waals surface area (Å²) in [6.07, 6.45) is 2.43. The van der Waals surface area contributed by atoms with Gasteiger partial charge in [-0.2, -0.15) is 0 Å². The van der Waals surface area contributed by atoms with E-state index in [2.05, 4.69) is 4.98 Å². The molecule has 1 atom stereocenters. The molecule has 3 rings (SSSR count). The van der Waals surface area contributed by atoms with Crippen molar-refractivity contribution in [1.82, 2.24) is 4.98 Å². The van der Waals surface area contributed by atoms with Crippen LogP contribution in [0.1, 0.15) is 29.3 Å². The average Bonchev–Trinajstić information content (AvgIpc) is 2.81. The van der Waals surface area contributed by atoms with Gasteiger partial charge in [-0.25, -0.2) is 4.98 Å². The fourth-order valence-corrected chi connectivity index (χ4v) is 4.20. The highest BCUT2D eigenvalue weighted by Gasteiger charge is 2.30. The Kier molecular flexibility index (Phi) is 3.71. The molecular formula is C14H11Cl2NO2S. The van der Waals surface area contributed by atoms with Crippen molar-refractivity contribution in [3.05, 3.63) is 38.8 Å². The van der Waals surface area contributed by atoms with E-state index in [-0.39, 0.29) is 0 Å². The highest BCUT2D eigenvalue weighted by Crippen LogP contribution is 2.40. The number of hydrogen-bond acceptors (Lipinski definition) is 3. The summed E-state index contributed by atoms with van der Waals surface area (Å²) < 4.78 is 0. The first kappa shape index (κ1) is 13.9. The van der Waals surface area contributed by atoms with E-state index in [0.29, 0.717) is 22.2 Å². The van der Waals surface area contributed by atoms with Crippen LogP contribution in [0.2, 0.25) is 10.0 Å². The van der Waals surface area contributed by atoms with Crippen molar-refractivity contribution in [3.63, 3.8) is 0 Å². The molecule has 1 heterocycles.